The maximum Gasteiger partial charge on any atom is 0.246 e. The third-order valence-electron chi connectivity index (χ3n) is 6.30. The molecule has 172 valence electrons. The maximum atomic E-state index is 14.5. The number of carbonyl (C=O) groups excluding carboxylic acids is 1. The van der Waals surface area contributed by atoms with Crippen molar-refractivity contribution < 1.29 is 13.6 Å². The molecule has 2 aliphatic rings. The maximum absolute atomic E-state index is 14.5. The molecule has 0 bridgehead atoms. The van der Waals surface area contributed by atoms with E-state index in [1.165, 1.54) is 12.1 Å². The molecule has 1 unspecified atom stereocenters. The van der Waals surface area contributed by atoms with E-state index in [2.05, 4.69) is 10.4 Å². The van der Waals surface area contributed by atoms with Crippen LogP contribution in [0.5, 0.6) is 0 Å². The van der Waals surface area contributed by atoms with Crippen LogP contribution in [-0.4, -0.2) is 58.1 Å². The molecule has 0 radical (unpaired) electrons. The van der Waals surface area contributed by atoms with E-state index in [0.29, 0.717) is 30.1 Å². The first-order valence-corrected chi connectivity index (χ1v) is 11.3. The smallest absolute Gasteiger partial charge is 0.246 e. The van der Waals surface area contributed by atoms with Crippen molar-refractivity contribution in [1.82, 2.24) is 24.8 Å². The molecule has 2 aromatic heterocycles. The van der Waals surface area contributed by atoms with Gasteiger partial charge in [0.1, 0.15) is 17.5 Å². The lowest BCUT2D eigenvalue weighted by Gasteiger charge is -2.26. The van der Waals surface area contributed by atoms with Crippen molar-refractivity contribution in [1.29, 1.82) is 0 Å². The number of amides is 1. The first kappa shape index (κ1) is 21.5. The molecule has 5 rings (SSSR count). The molecule has 4 heterocycles. The summed E-state index contributed by atoms with van der Waals surface area (Å²) in [4.78, 5) is 21.2. The van der Waals surface area contributed by atoms with Gasteiger partial charge in [-0.3, -0.25) is 4.79 Å². The number of nitrogens with zero attached hydrogens (tertiary/aromatic N) is 5. The summed E-state index contributed by atoms with van der Waals surface area (Å²) in [5.41, 5.74) is 1.69. The summed E-state index contributed by atoms with van der Waals surface area (Å²) in [6.07, 6.45) is 9.30. The van der Waals surface area contributed by atoms with Crippen LogP contribution in [0.2, 0.25) is 0 Å². The van der Waals surface area contributed by atoms with Gasteiger partial charge in [0.25, 0.3) is 0 Å². The molecule has 0 aliphatic carbocycles. The Hall–Kier alpha value is -3.33. The predicted octanol–water partition coefficient (Wildman–Crippen LogP) is 3.18. The summed E-state index contributed by atoms with van der Waals surface area (Å²) in [7, 11) is 0. The summed E-state index contributed by atoms with van der Waals surface area (Å²) in [6.45, 7) is 3.84. The number of hydrogen-bond acceptors (Lipinski definition) is 5. The van der Waals surface area contributed by atoms with E-state index in [0.717, 1.165) is 50.5 Å². The fourth-order valence-electron chi connectivity index (χ4n) is 4.62. The average molecular weight is 453 g/mol. The van der Waals surface area contributed by atoms with Crippen LogP contribution in [-0.2, 0) is 4.79 Å². The lowest BCUT2D eigenvalue weighted by atomic mass is 10.0. The molecule has 2 saturated heterocycles. The summed E-state index contributed by atoms with van der Waals surface area (Å²) in [5.74, 6) is -0.219. The van der Waals surface area contributed by atoms with Gasteiger partial charge < -0.3 is 15.1 Å². The number of fused-ring (bicyclic) bond motifs is 1. The molecular weight excluding hydrogens is 426 g/mol. The van der Waals surface area contributed by atoms with E-state index < -0.39 is 11.6 Å². The molecule has 3 aromatic rings. The number of benzene rings is 1. The van der Waals surface area contributed by atoms with Crippen LogP contribution in [0.3, 0.4) is 0 Å². The molecule has 7 nitrogen and oxygen atoms in total. The number of carbonyl (C=O) groups is 1. The SMILES string of the molecule is O=C(C=Cc1cnn2ccc(N3CCCC3c3cc(F)ccc3F)nc12)N1CCCNCC1. The molecule has 1 aromatic carbocycles. The van der Waals surface area contributed by atoms with Crippen LogP contribution in [0.25, 0.3) is 11.7 Å². The number of nitrogens with one attached hydrogen (secondary N) is 1. The van der Waals surface area contributed by atoms with E-state index in [9.17, 15) is 13.6 Å². The predicted molar refractivity (Wildman–Crippen MR) is 122 cm³/mol. The van der Waals surface area contributed by atoms with Gasteiger partial charge in [0.05, 0.1) is 12.2 Å². The fourth-order valence-corrected chi connectivity index (χ4v) is 4.62. The molecule has 1 amide bonds. The van der Waals surface area contributed by atoms with E-state index in [1.54, 1.807) is 29.1 Å². The van der Waals surface area contributed by atoms with Gasteiger partial charge in [-0.1, -0.05) is 0 Å². The lowest BCUT2D eigenvalue weighted by Crippen LogP contribution is -2.32. The number of rotatable bonds is 4. The van der Waals surface area contributed by atoms with Gasteiger partial charge in [0.2, 0.25) is 5.91 Å². The Bertz CT molecular complexity index is 1180. The van der Waals surface area contributed by atoms with Gasteiger partial charge in [-0.2, -0.15) is 5.10 Å². The molecule has 0 saturated carbocycles. The van der Waals surface area contributed by atoms with Crippen molar-refractivity contribution in [2.24, 2.45) is 0 Å². The Kier molecular flexibility index (Phi) is 6.04. The molecular formula is C24H26F2N6O. The van der Waals surface area contributed by atoms with Gasteiger partial charge in [-0.05, 0) is 56.1 Å². The Labute approximate surface area is 190 Å². The van der Waals surface area contributed by atoms with E-state index >= 15 is 0 Å². The van der Waals surface area contributed by atoms with Crippen molar-refractivity contribution in [2.75, 3.05) is 37.6 Å². The number of hydrogen-bond donors (Lipinski definition) is 1. The molecule has 33 heavy (non-hydrogen) atoms. The third kappa shape index (κ3) is 4.45. The van der Waals surface area contributed by atoms with Crippen LogP contribution in [0.4, 0.5) is 14.6 Å². The highest BCUT2D eigenvalue weighted by molar-refractivity contribution is 5.92. The summed E-state index contributed by atoms with van der Waals surface area (Å²) >= 11 is 0. The Balaban J connectivity index is 1.41. The quantitative estimate of drug-likeness (QED) is 0.616. The minimum absolute atomic E-state index is 0.0320. The highest BCUT2D eigenvalue weighted by atomic mass is 19.1. The molecule has 1 N–H and O–H groups in total. The highest BCUT2D eigenvalue weighted by Crippen LogP contribution is 2.36. The molecule has 2 aliphatic heterocycles. The standard InChI is InChI=1S/C24H26F2N6O/c25-18-5-6-20(26)19(15-18)21-3-1-12-31(21)22-8-13-32-24(29-22)17(16-28-32)4-7-23(33)30-11-2-9-27-10-14-30/h4-8,13,15-16,21,27H,1-3,9-12,14H2. The van der Waals surface area contributed by atoms with Crippen LogP contribution >= 0.6 is 0 Å². The second-order valence-corrected chi connectivity index (χ2v) is 8.43. The summed E-state index contributed by atoms with van der Waals surface area (Å²) in [6, 6.07) is 5.13. The van der Waals surface area contributed by atoms with Crippen molar-refractivity contribution in [3.05, 3.63) is 65.5 Å². The topological polar surface area (TPSA) is 65.8 Å². The van der Waals surface area contributed by atoms with Crippen LogP contribution in [0, 0.1) is 11.6 Å². The lowest BCUT2D eigenvalue weighted by molar-refractivity contribution is -0.125. The van der Waals surface area contributed by atoms with E-state index in [4.69, 9.17) is 4.98 Å². The van der Waals surface area contributed by atoms with Crippen LogP contribution < -0.4 is 10.2 Å². The Morgan fingerprint density at radius 3 is 2.94 bits per heavy atom. The van der Waals surface area contributed by atoms with Gasteiger partial charge >= 0.3 is 0 Å². The number of halogens is 2. The minimum Gasteiger partial charge on any atom is -0.349 e. The second-order valence-electron chi connectivity index (χ2n) is 8.43. The molecule has 1 atom stereocenters. The zero-order chi connectivity index (χ0) is 22.8. The monoisotopic (exact) mass is 452 g/mol. The Morgan fingerprint density at radius 1 is 1.12 bits per heavy atom. The first-order valence-electron chi connectivity index (χ1n) is 11.3. The highest BCUT2D eigenvalue weighted by Gasteiger charge is 2.30. The van der Waals surface area contributed by atoms with E-state index in [1.807, 2.05) is 15.9 Å². The molecule has 2 fully saturated rings. The minimum atomic E-state index is -0.449. The zero-order valence-corrected chi connectivity index (χ0v) is 18.3. The van der Waals surface area contributed by atoms with Gasteiger partial charge in [0.15, 0.2) is 5.65 Å². The van der Waals surface area contributed by atoms with Crippen LogP contribution in [0.15, 0.2) is 42.7 Å². The van der Waals surface area contributed by atoms with Gasteiger partial charge in [0, 0.05) is 49.6 Å². The molecule has 0 spiro atoms. The number of aromatic nitrogens is 3. The number of anilines is 1. The normalized spacial score (nSPS) is 19.5. The van der Waals surface area contributed by atoms with Crippen LogP contribution in [0.1, 0.15) is 36.4 Å². The van der Waals surface area contributed by atoms with Crippen molar-refractivity contribution in [3.8, 4) is 0 Å². The van der Waals surface area contributed by atoms with Crippen molar-refractivity contribution in [3.63, 3.8) is 0 Å². The largest absolute Gasteiger partial charge is 0.349 e. The first-order chi connectivity index (χ1) is 16.1. The van der Waals surface area contributed by atoms with E-state index in [-0.39, 0.29) is 11.9 Å². The molecule has 9 heteroatoms. The zero-order valence-electron chi connectivity index (χ0n) is 18.3. The summed E-state index contributed by atoms with van der Waals surface area (Å²) < 4.78 is 29.9. The fraction of sp³-hybridized carbons (Fsp3) is 0.375. The summed E-state index contributed by atoms with van der Waals surface area (Å²) in [5, 5.41) is 7.63. The Morgan fingerprint density at radius 2 is 2.03 bits per heavy atom. The van der Waals surface area contributed by atoms with Crippen molar-refractivity contribution >= 4 is 23.4 Å². The van der Waals surface area contributed by atoms with Crippen molar-refractivity contribution in [2.45, 2.75) is 25.3 Å². The van der Waals surface area contributed by atoms with Gasteiger partial charge in [-0.15, -0.1) is 0 Å². The third-order valence-corrected chi connectivity index (χ3v) is 6.30. The van der Waals surface area contributed by atoms with Gasteiger partial charge in [-0.25, -0.2) is 18.3 Å². The average Bonchev–Trinajstić information content (AvgIpc) is 3.37. The second kappa shape index (κ2) is 9.27.